The number of fused-ring (bicyclic) bond motifs is 7. The Labute approximate surface area is 345 Å². The van der Waals surface area contributed by atoms with Crippen molar-refractivity contribution in [3.63, 3.8) is 0 Å². The molecule has 300 valence electrons. The summed E-state index contributed by atoms with van der Waals surface area (Å²) < 4.78 is 32.8. The molecule has 15 heteroatoms. The Morgan fingerprint density at radius 2 is 1.80 bits per heavy atom. The lowest BCUT2D eigenvalue weighted by molar-refractivity contribution is -0.131. The maximum atomic E-state index is 14.3. The molecule has 14 nitrogen and oxygen atoms in total. The predicted molar refractivity (Wildman–Crippen MR) is 222 cm³/mol. The van der Waals surface area contributed by atoms with Crippen LogP contribution in [0.3, 0.4) is 0 Å². The third-order valence-electron chi connectivity index (χ3n) is 10.5. The van der Waals surface area contributed by atoms with Crippen molar-refractivity contribution < 1.29 is 37.4 Å². The monoisotopic (exact) mass is 802 g/mol. The maximum Gasteiger partial charge on any atom is 0.408 e. The fraction of sp³-hybridized carbons (Fsp3) is 0.222. The number of hydrogen-bond acceptors (Lipinski definition) is 11. The Balaban J connectivity index is 1.15. The first kappa shape index (κ1) is 38.2. The largest absolute Gasteiger partial charge is 0.462 e. The van der Waals surface area contributed by atoms with E-state index in [-0.39, 0.29) is 42.2 Å². The highest BCUT2D eigenvalue weighted by molar-refractivity contribution is 6.36. The highest BCUT2D eigenvalue weighted by Gasteiger charge is 2.37. The highest BCUT2D eigenvalue weighted by atomic mass is 16.5. The number of aromatic nitrogens is 3. The average molecular weight is 803 g/mol. The quantitative estimate of drug-likeness (QED) is 0.0858. The standard InChI is InChI=1S/C45H39BN6O8/c1-23(2)36-43-51-38(42-47-20-35(59-42)30-21-52(4)39-28(30)13-9-15-34(39)57-24(3)53)40(60-43)44-50-37-27(12-8-14-31(37)46)29-18-26(16-17-33(29)58-44)19-32(41(54)49-36)48-45(55)56-22-25-10-6-5-7-11-25/h5-18,20-21,23,32,36,44,50H,19,22H2,1-4H3,(H,48,55)(H,49,54)/t32-,36?,44?/m0/s1. The lowest BCUT2D eigenvalue weighted by Crippen LogP contribution is -2.49. The van der Waals surface area contributed by atoms with Crippen LogP contribution in [0.1, 0.15) is 55.8 Å². The molecule has 0 fully saturated rings. The Morgan fingerprint density at radius 3 is 2.60 bits per heavy atom. The Kier molecular flexibility index (Phi) is 9.86. The van der Waals surface area contributed by atoms with Crippen molar-refractivity contribution in [1.29, 1.82) is 0 Å². The number of carbonyl (C=O) groups excluding carboxylic acids is 3. The van der Waals surface area contributed by atoms with Crippen LogP contribution in [0.4, 0.5) is 10.5 Å². The number of para-hydroxylation sites is 2. The molecule has 2 amide bonds. The molecule has 3 N–H and O–H groups in total. The molecule has 3 aliphatic rings. The number of esters is 1. The molecule has 2 radical (unpaired) electrons. The van der Waals surface area contributed by atoms with Crippen molar-refractivity contribution in [3.8, 4) is 45.5 Å². The molecule has 2 unspecified atom stereocenters. The normalized spacial score (nSPS) is 16.9. The van der Waals surface area contributed by atoms with Crippen molar-refractivity contribution in [1.82, 2.24) is 25.2 Å². The van der Waals surface area contributed by atoms with Gasteiger partial charge in [-0.3, -0.25) is 9.59 Å². The Bertz CT molecular complexity index is 2790. The molecule has 7 aromatic rings. The van der Waals surface area contributed by atoms with E-state index >= 15 is 0 Å². The summed E-state index contributed by atoms with van der Waals surface area (Å²) in [5.74, 6) is 0.685. The van der Waals surface area contributed by atoms with Gasteiger partial charge < -0.3 is 43.6 Å². The number of alkyl carbamates (subject to hydrolysis) is 1. The predicted octanol–water partition coefficient (Wildman–Crippen LogP) is 7.04. The number of anilines is 1. The van der Waals surface area contributed by atoms with Crippen LogP contribution >= 0.6 is 0 Å². The van der Waals surface area contributed by atoms with E-state index in [4.69, 9.17) is 35.9 Å². The fourth-order valence-electron chi connectivity index (χ4n) is 7.69. The van der Waals surface area contributed by atoms with Gasteiger partial charge in [0, 0.05) is 54.4 Å². The van der Waals surface area contributed by atoms with Crippen molar-refractivity contribution in [2.24, 2.45) is 13.0 Å². The minimum absolute atomic E-state index is 0.0262. The van der Waals surface area contributed by atoms with Crippen LogP contribution in [0, 0.1) is 5.92 Å². The number of nitrogens with one attached hydrogen (secondary N) is 3. The number of carbonyl (C=O) groups is 3. The second-order valence-corrected chi connectivity index (χ2v) is 15.1. The third-order valence-corrected chi connectivity index (χ3v) is 10.5. The van der Waals surface area contributed by atoms with Gasteiger partial charge in [0.05, 0.1) is 11.7 Å². The number of ether oxygens (including phenoxy) is 3. The number of aryl methyl sites for hydroxylation is 1. The number of rotatable bonds is 7. The SMILES string of the molecule is [B]c1cccc2c1NC1Oc3ccc(cc3-2)C[C@H](NC(=O)OCc2ccccc2)C(=O)NC(C(C)C)c2nc(-c3ncc(-c4cn(C)c5c(OC(C)=O)cccc45)o3)c1o2. The molecule has 6 bridgehead atoms. The van der Waals surface area contributed by atoms with Crippen LogP contribution in [0.2, 0.25) is 0 Å². The van der Waals surface area contributed by atoms with Crippen molar-refractivity contribution >= 4 is 47.9 Å². The van der Waals surface area contributed by atoms with Gasteiger partial charge in [-0.2, -0.15) is 0 Å². The zero-order valence-corrected chi connectivity index (χ0v) is 33.1. The molecule has 4 aromatic carbocycles. The van der Waals surface area contributed by atoms with Gasteiger partial charge in [0.2, 0.25) is 23.9 Å². The van der Waals surface area contributed by atoms with Gasteiger partial charge >= 0.3 is 12.1 Å². The molecular weight excluding hydrogens is 763 g/mol. The molecule has 0 aliphatic carbocycles. The van der Waals surface area contributed by atoms with Crippen LogP contribution < -0.4 is 30.9 Å². The van der Waals surface area contributed by atoms with Crippen molar-refractivity contribution in [2.75, 3.05) is 5.32 Å². The van der Waals surface area contributed by atoms with Gasteiger partial charge in [0.15, 0.2) is 23.0 Å². The summed E-state index contributed by atoms with van der Waals surface area (Å²) in [5, 5.41) is 10.1. The fourth-order valence-corrected chi connectivity index (χ4v) is 7.69. The van der Waals surface area contributed by atoms with E-state index < -0.39 is 36.3 Å². The van der Waals surface area contributed by atoms with Crippen LogP contribution in [0.15, 0.2) is 106 Å². The number of oxazole rings is 2. The van der Waals surface area contributed by atoms with E-state index in [1.807, 2.05) is 98.4 Å². The van der Waals surface area contributed by atoms with Gasteiger partial charge in [-0.25, -0.2) is 14.8 Å². The first-order chi connectivity index (χ1) is 29.0. The average Bonchev–Trinajstić information content (AvgIpc) is 3.95. The second-order valence-electron chi connectivity index (χ2n) is 15.1. The lowest BCUT2D eigenvalue weighted by atomic mass is 9.88. The first-order valence-corrected chi connectivity index (χ1v) is 19.5. The highest BCUT2D eigenvalue weighted by Crippen LogP contribution is 2.45. The van der Waals surface area contributed by atoms with Gasteiger partial charge in [-0.05, 0) is 35.2 Å². The zero-order chi connectivity index (χ0) is 41.7. The summed E-state index contributed by atoms with van der Waals surface area (Å²) in [7, 11) is 8.48. The Morgan fingerprint density at radius 1 is 0.983 bits per heavy atom. The molecule has 3 aromatic heterocycles. The zero-order valence-electron chi connectivity index (χ0n) is 33.1. The van der Waals surface area contributed by atoms with Gasteiger partial charge in [-0.1, -0.05) is 86.0 Å². The maximum absolute atomic E-state index is 14.3. The Hall–Kier alpha value is -7.29. The van der Waals surface area contributed by atoms with E-state index in [9.17, 15) is 14.4 Å². The molecule has 3 aliphatic heterocycles. The van der Waals surface area contributed by atoms with E-state index in [1.54, 1.807) is 24.4 Å². The number of hydrogen-bond donors (Lipinski definition) is 3. The summed E-state index contributed by atoms with van der Waals surface area (Å²) in [6.45, 7) is 5.22. The summed E-state index contributed by atoms with van der Waals surface area (Å²) in [5.41, 5.74) is 5.70. The molecule has 0 saturated heterocycles. The molecule has 0 spiro atoms. The topological polar surface area (TPSA) is 172 Å². The summed E-state index contributed by atoms with van der Waals surface area (Å²) in [4.78, 5) is 49.2. The third kappa shape index (κ3) is 7.23. The smallest absolute Gasteiger partial charge is 0.408 e. The van der Waals surface area contributed by atoms with E-state index in [0.29, 0.717) is 45.1 Å². The van der Waals surface area contributed by atoms with Gasteiger partial charge in [0.1, 0.15) is 32.3 Å². The molecule has 10 rings (SSSR count). The summed E-state index contributed by atoms with van der Waals surface area (Å²) in [6.07, 6.45) is 1.83. The van der Waals surface area contributed by atoms with E-state index in [2.05, 4.69) is 20.9 Å². The number of amides is 2. The van der Waals surface area contributed by atoms with E-state index in [1.165, 1.54) is 6.92 Å². The number of benzene rings is 4. The second kappa shape index (κ2) is 15.5. The summed E-state index contributed by atoms with van der Waals surface area (Å²) >= 11 is 0. The first-order valence-electron chi connectivity index (χ1n) is 19.5. The molecule has 3 atom stereocenters. The van der Waals surface area contributed by atoms with Crippen LogP contribution in [0.5, 0.6) is 11.5 Å². The number of nitrogens with zero attached hydrogens (tertiary/aromatic N) is 3. The van der Waals surface area contributed by atoms with Crippen LogP contribution in [-0.2, 0) is 34.4 Å². The van der Waals surface area contributed by atoms with Gasteiger partial charge in [-0.15, -0.1) is 0 Å². The van der Waals surface area contributed by atoms with Crippen LogP contribution in [-0.4, -0.2) is 46.4 Å². The van der Waals surface area contributed by atoms with Crippen LogP contribution in [0.25, 0.3) is 44.9 Å². The van der Waals surface area contributed by atoms with Crippen molar-refractivity contribution in [3.05, 3.63) is 120 Å². The molecular formula is C45H39BN6O8. The molecule has 6 heterocycles. The minimum Gasteiger partial charge on any atom is -0.462 e. The molecule has 60 heavy (non-hydrogen) atoms. The summed E-state index contributed by atoms with van der Waals surface area (Å²) in [6, 6.07) is 24.0. The minimum atomic E-state index is -1.06. The van der Waals surface area contributed by atoms with Crippen molar-refractivity contribution in [2.45, 2.75) is 52.1 Å². The lowest BCUT2D eigenvalue weighted by Gasteiger charge is -2.25. The molecule has 0 saturated carbocycles. The van der Waals surface area contributed by atoms with E-state index in [0.717, 1.165) is 22.1 Å². The van der Waals surface area contributed by atoms with Gasteiger partial charge in [0.25, 0.3) is 0 Å².